The molecular weight excluding hydrogens is 208 g/mol. The molecule has 1 fully saturated rings. The third kappa shape index (κ3) is 3.02. The Morgan fingerprint density at radius 2 is 1.41 bits per heavy atom. The van der Waals surface area contributed by atoms with Gasteiger partial charge in [-0.15, -0.1) is 0 Å². The van der Waals surface area contributed by atoms with Gasteiger partial charge in [0.15, 0.2) is 0 Å². The predicted octanol–water partition coefficient (Wildman–Crippen LogP) is 4.71. The largest absolute Gasteiger partial charge is 0.508 e. The summed E-state index contributed by atoms with van der Waals surface area (Å²) in [6, 6.07) is 7.78. The molecule has 1 aromatic carbocycles. The number of hydrogen-bond acceptors (Lipinski definition) is 1. The second kappa shape index (κ2) is 4.04. The molecule has 0 spiro atoms. The van der Waals surface area contributed by atoms with Crippen LogP contribution >= 0.6 is 0 Å². The standard InChI is InChI=1S/C16H24O/c1-15(2)9-13(10-16(3,4)11-15)12-5-7-14(17)8-6-12/h5-8,13,17H,9-11H2,1-4H3. The zero-order valence-electron chi connectivity index (χ0n) is 11.5. The number of aromatic hydroxyl groups is 1. The summed E-state index contributed by atoms with van der Waals surface area (Å²) in [4.78, 5) is 0. The van der Waals surface area contributed by atoms with E-state index in [0.29, 0.717) is 22.5 Å². The Labute approximate surface area is 105 Å². The number of phenols is 1. The fourth-order valence-electron chi connectivity index (χ4n) is 3.83. The number of phenolic OH excluding ortho intramolecular Hbond substituents is 1. The Morgan fingerprint density at radius 1 is 0.941 bits per heavy atom. The van der Waals surface area contributed by atoms with E-state index in [-0.39, 0.29) is 0 Å². The van der Waals surface area contributed by atoms with Crippen molar-refractivity contribution < 1.29 is 5.11 Å². The maximum absolute atomic E-state index is 9.36. The molecule has 0 saturated heterocycles. The lowest BCUT2D eigenvalue weighted by Gasteiger charge is -2.45. The highest BCUT2D eigenvalue weighted by Crippen LogP contribution is 2.51. The zero-order chi connectivity index (χ0) is 12.7. The van der Waals surface area contributed by atoms with Gasteiger partial charge in [-0.1, -0.05) is 39.8 Å². The molecule has 1 aromatic rings. The van der Waals surface area contributed by atoms with Crippen LogP contribution < -0.4 is 0 Å². The van der Waals surface area contributed by atoms with E-state index in [2.05, 4.69) is 39.8 Å². The summed E-state index contributed by atoms with van der Waals surface area (Å²) >= 11 is 0. The first-order valence-electron chi connectivity index (χ1n) is 6.56. The minimum absolute atomic E-state index is 0.364. The van der Waals surface area contributed by atoms with Gasteiger partial charge in [0.2, 0.25) is 0 Å². The molecule has 0 radical (unpaired) electrons. The molecule has 1 saturated carbocycles. The average molecular weight is 232 g/mol. The van der Waals surface area contributed by atoms with Crippen molar-refractivity contribution in [1.29, 1.82) is 0 Å². The third-order valence-electron chi connectivity index (χ3n) is 3.92. The maximum Gasteiger partial charge on any atom is 0.115 e. The lowest BCUT2D eigenvalue weighted by molar-refractivity contribution is 0.0969. The van der Waals surface area contributed by atoms with Crippen molar-refractivity contribution in [2.75, 3.05) is 0 Å². The Balaban J connectivity index is 2.24. The molecule has 0 bridgehead atoms. The Kier molecular flexibility index (Phi) is 2.97. The van der Waals surface area contributed by atoms with Gasteiger partial charge in [-0.3, -0.25) is 0 Å². The number of rotatable bonds is 1. The van der Waals surface area contributed by atoms with Crippen LogP contribution in [0.15, 0.2) is 24.3 Å². The van der Waals surface area contributed by atoms with Crippen LogP contribution in [0.4, 0.5) is 0 Å². The van der Waals surface area contributed by atoms with Gasteiger partial charge in [0.1, 0.15) is 5.75 Å². The Bertz CT molecular complexity index is 370. The van der Waals surface area contributed by atoms with Crippen LogP contribution in [0.3, 0.4) is 0 Å². The lowest BCUT2D eigenvalue weighted by atomic mass is 9.60. The molecule has 1 aliphatic rings. The minimum Gasteiger partial charge on any atom is -0.508 e. The first-order chi connectivity index (χ1) is 7.77. The minimum atomic E-state index is 0.364. The summed E-state index contributed by atoms with van der Waals surface area (Å²) in [6.07, 6.45) is 3.80. The fourth-order valence-corrected chi connectivity index (χ4v) is 3.83. The molecule has 1 nitrogen and oxygen atoms in total. The van der Waals surface area contributed by atoms with Crippen molar-refractivity contribution in [2.24, 2.45) is 10.8 Å². The molecule has 0 aromatic heterocycles. The van der Waals surface area contributed by atoms with E-state index >= 15 is 0 Å². The summed E-state index contributed by atoms with van der Waals surface area (Å²) in [5.74, 6) is 0.998. The molecule has 0 unspecified atom stereocenters. The van der Waals surface area contributed by atoms with Crippen LogP contribution in [-0.4, -0.2) is 5.11 Å². The molecule has 17 heavy (non-hydrogen) atoms. The molecule has 1 N–H and O–H groups in total. The lowest BCUT2D eigenvalue weighted by Crippen LogP contribution is -2.32. The molecular formula is C16H24O. The van der Waals surface area contributed by atoms with E-state index in [9.17, 15) is 5.11 Å². The molecule has 0 atom stereocenters. The predicted molar refractivity (Wildman–Crippen MR) is 72.3 cm³/mol. The van der Waals surface area contributed by atoms with E-state index in [0.717, 1.165) is 0 Å². The zero-order valence-corrected chi connectivity index (χ0v) is 11.5. The van der Waals surface area contributed by atoms with Crippen molar-refractivity contribution in [3.05, 3.63) is 29.8 Å². The topological polar surface area (TPSA) is 20.2 Å². The van der Waals surface area contributed by atoms with Gasteiger partial charge < -0.3 is 5.11 Å². The smallest absolute Gasteiger partial charge is 0.115 e. The molecule has 0 amide bonds. The van der Waals surface area contributed by atoms with Crippen LogP contribution in [0.25, 0.3) is 0 Å². The summed E-state index contributed by atoms with van der Waals surface area (Å²) in [5, 5.41) is 9.36. The van der Waals surface area contributed by atoms with Crippen molar-refractivity contribution >= 4 is 0 Å². The van der Waals surface area contributed by atoms with Crippen LogP contribution in [0.1, 0.15) is 58.4 Å². The normalized spacial score (nSPS) is 23.5. The third-order valence-corrected chi connectivity index (χ3v) is 3.92. The molecule has 94 valence electrons. The molecule has 2 rings (SSSR count). The Morgan fingerprint density at radius 3 is 1.88 bits per heavy atom. The van der Waals surface area contributed by atoms with Crippen LogP contribution in [0.5, 0.6) is 5.75 Å². The van der Waals surface area contributed by atoms with Crippen molar-refractivity contribution in [3.63, 3.8) is 0 Å². The van der Waals surface area contributed by atoms with Gasteiger partial charge in [-0.05, 0) is 53.7 Å². The summed E-state index contributed by atoms with van der Waals surface area (Å²) in [5.41, 5.74) is 2.22. The first kappa shape index (κ1) is 12.5. The highest BCUT2D eigenvalue weighted by Gasteiger charge is 2.38. The quantitative estimate of drug-likeness (QED) is 0.743. The van der Waals surface area contributed by atoms with Crippen LogP contribution in [-0.2, 0) is 0 Å². The van der Waals surface area contributed by atoms with Gasteiger partial charge in [0.25, 0.3) is 0 Å². The second-order valence-electron chi connectivity index (χ2n) is 7.20. The van der Waals surface area contributed by atoms with E-state index in [1.54, 1.807) is 0 Å². The SMILES string of the molecule is CC1(C)CC(c2ccc(O)cc2)CC(C)(C)C1. The molecule has 0 aliphatic heterocycles. The molecule has 0 heterocycles. The summed E-state index contributed by atoms with van der Waals surface area (Å²) in [6.45, 7) is 9.51. The number of hydrogen-bond donors (Lipinski definition) is 1. The van der Waals surface area contributed by atoms with E-state index in [4.69, 9.17) is 0 Å². The van der Waals surface area contributed by atoms with Gasteiger partial charge in [0, 0.05) is 0 Å². The van der Waals surface area contributed by atoms with Crippen LogP contribution in [0.2, 0.25) is 0 Å². The highest BCUT2D eigenvalue weighted by molar-refractivity contribution is 5.29. The maximum atomic E-state index is 9.36. The monoisotopic (exact) mass is 232 g/mol. The molecule has 1 heteroatoms. The van der Waals surface area contributed by atoms with Gasteiger partial charge in [-0.2, -0.15) is 0 Å². The van der Waals surface area contributed by atoms with E-state index < -0.39 is 0 Å². The van der Waals surface area contributed by atoms with Crippen LogP contribution in [0, 0.1) is 10.8 Å². The first-order valence-corrected chi connectivity index (χ1v) is 6.56. The van der Waals surface area contributed by atoms with Crippen molar-refractivity contribution in [2.45, 2.75) is 52.9 Å². The summed E-state index contributed by atoms with van der Waals surface area (Å²) in [7, 11) is 0. The second-order valence-corrected chi connectivity index (χ2v) is 7.20. The van der Waals surface area contributed by atoms with E-state index in [1.165, 1.54) is 24.8 Å². The van der Waals surface area contributed by atoms with Crippen molar-refractivity contribution in [3.8, 4) is 5.75 Å². The fraction of sp³-hybridized carbons (Fsp3) is 0.625. The van der Waals surface area contributed by atoms with Gasteiger partial charge in [-0.25, -0.2) is 0 Å². The average Bonchev–Trinajstić information content (AvgIpc) is 2.13. The van der Waals surface area contributed by atoms with Gasteiger partial charge >= 0.3 is 0 Å². The van der Waals surface area contributed by atoms with Crippen molar-refractivity contribution in [1.82, 2.24) is 0 Å². The highest BCUT2D eigenvalue weighted by atomic mass is 16.3. The summed E-state index contributed by atoms with van der Waals surface area (Å²) < 4.78 is 0. The number of benzene rings is 1. The van der Waals surface area contributed by atoms with E-state index in [1.807, 2.05) is 12.1 Å². The Hall–Kier alpha value is -0.980. The van der Waals surface area contributed by atoms with Gasteiger partial charge in [0.05, 0.1) is 0 Å². The molecule has 1 aliphatic carbocycles.